The van der Waals surface area contributed by atoms with Gasteiger partial charge in [-0.15, -0.1) is 0 Å². The molecule has 2 N–H and O–H groups in total. The van der Waals surface area contributed by atoms with E-state index in [1.54, 1.807) is 18.5 Å². The number of hydrogen-bond acceptors (Lipinski definition) is 8. The number of carbonyl (C=O) groups excluding carboxylic acids is 1. The van der Waals surface area contributed by atoms with Crippen LogP contribution in [0.5, 0.6) is 6.01 Å². The van der Waals surface area contributed by atoms with Gasteiger partial charge in [-0.05, 0) is 24.8 Å². The number of nitrogens with zero attached hydrogens (tertiary/aromatic N) is 5. The van der Waals surface area contributed by atoms with Crippen LogP contribution in [0.15, 0.2) is 49.2 Å². The van der Waals surface area contributed by atoms with E-state index in [-0.39, 0.29) is 31.1 Å². The van der Waals surface area contributed by atoms with E-state index < -0.39 is 11.7 Å². The zero-order valence-corrected chi connectivity index (χ0v) is 21.5. The average molecular weight is 522 g/mol. The number of fused-ring (bicyclic) bond motifs is 1. The van der Waals surface area contributed by atoms with Gasteiger partial charge in [0.05, 0.1) is 23.0 Å². The van der Waals surface area contributed by atoms with Crippen molar-refractivity contribution in [2.24, 2.45) is 0 Å². The van der Waals surface area contributed by atoms with Gasteiger partial charge in [0.15, 0.2) is 5.82 Å². The second kappa shape index (κ2) is 11.5. The molecule has 3 aromatic heterocycles. The van der Waals surface area contributed by atoms with Crippen molar-refractivity contribution >= 4 is 36.1 Å². The van der Waals surface area contributed by atoms with Crippen LogP contribution in [-0.2, 0) is 0 Å². The number of pyridine rings is 1. The summed E-state index contributed by atoms with van der Waals surface area (Å²) in [5.41, 5.74) is 2.94. The highest BCUT2D eigenvalue weighted by Gasteiger charge is 2.21. The van der Waals surface area contributed by atoms with E-state index in [0.29, 0.717) is 35.0 Å². The Bertz CT molecular complexity index is 1400. The van der Waals surface area contributed by atoms with E-state index in [2.05, 4.69) is 35.6 Å². The maximum atomic E-state index is 14.4. The van der Waals surface area contributed by atoms with Crippen molar-refractivity contribution in [3.63, 3.8) is 0 Å². The number of amides is 1. The number of benzene rings is 1. The molecule has 0 unspecified atom stereocenters. The zero-order chi connectivity index (χ0) is 25.1. The van der Waals surface area contributed by atoms with Gasteiger partial charge in [-0.1, -0.05) is 25.1 Å². The minimum atomic E-state index is -0.648. The Labute approximate surface area is 220 Å². The minimum absolute atomic E-state index is 0. The van der Waals surface area contributed by atoms with E-state index in [1.165, 1.54) is 19.8 Å². The molecule has 0 saturated heterocycles. The molecule has 3 heterocycles. The van der Waals surface area contributed by atoms with Crippen molar-refractivity contribution in [1.82, 2.24) is 30.2 Å². The molecule has 1 aliphatic rings. The third kappa shape index (κ3) is 5.61. The standard InChI is InChI=1S/C26H26FN7O2.H2S/c1-15(18-7-4-8-19-23(25(35)28-2)20(27)13-30-24(18)19)10-29-22-9-21(33-14-34-22)16-11-31-26(32-12-16)36-17-5-3-6-17;/h4,7-9,11-15,17H,3,5-6,10H2,1-2H3,(H,28,35)(H,29,33,34);1H2/t15-;/m1./s1. The summed E-state index contributed by atoms with van der Waals surface area (Å²) in [6, 6.07) is 7.67. The third-order valence-corrected chi connectivity index (χ3v) is 6.37. The van der Waals surface area contributed by atoms with E-state index >= 15 is 0 Å². The van der Waals surface area contributed by atoms with Crippen LogP contribution in [0.25, 0.3) is 22.2 Å². The molecule has 1 atom stereocenters. The van der Waals surface area contributed by atoms with Crippen molar-refractivity contribution in [3.05, 3.63) is 66.1 Å². The predicted molar refractivity (Wildman–Crippen MR) is 144 cm³/mol. The molecule has 1 aromatic carbocycles. The van der Waals surface area contributed by atoms with E-state index in [1.807, 2.05) is 25.1 Å². The average Bonchev–Trinajstić information content (AvgIpc) is 2.89. The fourth-order valence-electron chi connectivity index (χ4n) is 4.10. The SMILES string of the molecule is CNC(=O)c1c(F)cnc2c([C@H](C)CNc3cc(-c4cnc(OC5CCC5)nc4)ncn3)cccc12.S. The molecule has 1 aliphatic carbocycles. The van der Waals surface area contributed by atoms with Gasteiger partial charge in [-0.2, -0.15) is 13.5 Å². The van der Waals surface area contributed by atoms with Crippen LogP contribution < -0.4 is 15.4 Å². The number of ether oxygens (including phenoxy) is 1. The summed E-state index contributed by atoms with van der Waals surface area (Å²) in [7, 11) is 1.48. The van der Waals surface area contributed by atoms with Crippen molar-refractivity contribution in [3.8, 4) is 17.3 Å². The summed E-state index contributed by atoms with van der Waals surface area (Å²) in [6.07, 6.45) is 9.47. The monoisotopic (exact) mass is 521 g/mol. The summed E-state index contributed by atoms with van der Waals surface area (Å²) < 4.78 is 20.1. The Balaban J connectivity index is 0.00000320. The van der Waals surface area contributed by atoms with Gasteiger partial charge in [-0.25, -0.2) is 24.3 Å². The fourth-order valence-corrected chi connectivity index (χ4v) is 4.10. The molecule has 37 heavy (non-hydrogen) atoms. The minimum Gasteiger partial charge on any atom is -0.460 e. The van der Waals surface area contributed by atoms with Gasteiger partial charge in [0.2, 0.25) is 0 Å². The fraction of sp³-hybridized carbons (Fsp3) is 0.308. The molecule has 1 amide bonds. The van der Waals surface area contributed by atoms with Gasteiger partial charge in [0.25, 0.3) is 5.91 Å². The highest BCUT2D eigenvalue weighted by atomic mass is 32.1. The van der Waals surface area contributed by atoms with Crippen molar-refractivity contribution in [2.45, 2.75) is 38.2 Å². The van der Waals surface area contributed by atoms with Crippen molar-refractivity contribution < 1.29 is 13.9 Å². The Morgan fingerprint density at radius 2 is 1.92 bits per heavy atom. The van der Waals surface area contributed by atoms with Crippen LogP contribution in [0.2, 0.25) is 0 Å². The summed E-state index contributed by atoms with van der Waals surface area (Å²) in [5, 5.41) is 6.31. The maximum Gasteiger partial charge on any atom is 0.316 e. The lowest BCUT2D eigenvalue weighted by atomic mass is 9.96. The molecule has 0 radical (unpaired) electrons. The lowest BCUT2D eigenvalue weighted by Crippen LogP contribution is -2.25. The topological polar surface area (TPSA) is 115 Å². The van der Waals surface area contributed by atoms with E-state index in [9.17, 15) is 9.18 Å². The number of hydrogen-bond donors (Lipinski definition) is 2. The number of carbonyl (C=O) groups is 1. The van der Waals surface area contributed by atoms with Crippen LogP contribution in [0.1, 0.15) is 48.0 Å². The molecule has 5 rings (SSSR count). The molecule has 11 heteroatoms. The first-order valence-electron chi connectivity index (χ1n) is 11.9. The number of anilines is 1. The molecular weight excluding hydrogens is 493 g/mol. The first-order chi connectivity index (χ1) is 17.5. The first-order valence-corrected chi connectivity index (χ1v) is 11.9. The second-order valence-electron chi connectivity index (χ2n) is 8.80. The maximum absolute atomic E-state index is 14.4. The molecule has 0 spiro atoms. The second-order valence-corrected chi connectivity index (χ2v) is 8.80. The molecule has 1 saturated carbocycles. The molecule has 192 valence electrons. The third-order valence-electron chi connectivity index (χ3n) is 6.37. The lowest BCUT2D eigenvalue weighted by Gasteiger charge is -2.24. The van der Waals surface area contributed by atoms with Crippen LogP contribution in [0, 0.1) is 5.82 Å². The number of aromatic nitrogens is 5. The molecule has 0 bridgehead atoms. The normalized spacial score (nSPS) is 13.8. The number of rotatable bonds is 8. The van der Waals surface area contributed by atoms with E-state index in [0.717, 1.165) is 30.2 Å². The number of nitrogens with one attached hydrogen (secondary N) is 2. The molecule has 1 fully saturated rings. The Hall–Kier alpha value is -3.86. The zero-order valence-electron chi connectivity index (χ0n) is 20.5. The summed E-state index contributed by atoms with van der Waals surface area (Å²) in [6.45, 7) is 2.57. The summed E-state index contributed by atoms with van der Waals surface area (Å²) in [5.74, 6) is -0.492. The van der Waals surface area contributed by atoms with Crippen LogP contribution in [0.3, 0.4) is 0 Å². The van der Waals surface area contributed by atoms with Crippen molar-refractivity contribution in [1.29, 1.82) is 0 Å². The smallest absolute Gasteiger partial charge is 0.316 e. The Morgan fingerprint density at radius 3 is 2.62 bits per heavy atom. The van der Waals surface area contributed by atoms with E-state index in [4.69, 9.17) is 4.74 Å². The van der Waals surface area contributed by atoms with Crippen LogP contribution in [-0.4, -0.2) is 50.5 Å². The number of para-hydroxylation sites is 1. The summed E-state index contributed by atoms with van der Waals surface area (Å²) in [4.78, 5) is 33.8. The molecule has 4 aromatic rings. The Kier molecular flexibility index (Phi) is 8.12. The molecular formula is C26H28FN7O2S. The predicted octanol–water partition coefficient (Wildman–Crippen LogP) is 4.24. The van der Waals surface area contributed by atoms with Gasteiger partial charge in [-0.3, -0.25) is 9.78 Å². The Morgan fingerprint density at radius 1 is 1.14 bits per heavy atom. The first kappa shape index (κ1) is 26.2. The highest BCUT2D eigenvalue weighted by Crippen LogP contribution is 2.28. The van der Waals surface area contributed by atoms with Gasteiger partial charge in [0.1, 0.15) is 18.2 Å². The largest absolute Gasteiger partial charge is 0.460 e. The van der Waals surface area contributed by atoms with Gasteiger partial charge >= 0.3 is 6.01 Å². The van der Waals surface area contributed by atoms with Crippen molar-refractivity contribution in [2.75, 3.05) is 18.9 Å². The lowest BCUT2D eigenvalue weighted by molar-refractivity contribution is 0.0960. The summed E-state index contributed by atoms with van der Waals surface area (Å²) >= 11 is 0. The molecule has 0 aliphatic heterocycles. The number of halogens is 1. The quantitative estimate of drug-likeness (QED) is 0.354. The van der Waals surface area contributed by atoms with Crippen LogP contribution in [0.4, 0.5) is 10.2 Å². The molecule has 9 nitrogen and oxygen atoms in total. The van der Waals surface area contributed by atoms with Crippen LogP contribution >= 0.6 is 13.5 Å². The van der Waals surface area contributed by atoms with Gasteiger partial charge in [0, 0.05) is 48.9 Å². The van der Waals surface area contributed by atoms with Gasteiger partial charge < -0.3 is 15.4 Å². The highest BCUT2D eigenvalue weighted by molar-refractivity contribution is 7.59.